The van der Waals surface area contributed by atoms with Crippen LogP contribution in [0.15, 0.2) is 34.9 Å². The van der Waals surface area contributed by atoms with Gasteiger partial charge < -0.3 is 5.11 Å². The quantitative estimate of drug-likeness (QED) is 0.781. The van der Waals surface area contributed by atoms with E-state index in [9.17, 15) is 5.11 Å². The van der Waals surface area contributed by atoms with E-state index in [1.807, 2.05) is 24.3 Å². The van der Waals surface area contributed by atoms with E-state index in [0.29, 0.717) is 10.3 Å². The highest BCUT2D eigenvalue weighted by molar-refractivity contribution is 9.10. The van der Waals surface area contributed by atoms with Crippen LogP contribution >= 0.6 is 27.3 Å². The first-order valence-electron chi connectivity index (χ1n) is 5.77. The van der Waals surface area contributed by atoms with Crippen molar-refractivity contribution in [3.63, 3.8) is 0 Å². The molecule has 0 saturated carbocycles. The number of halogens is 1. The summed E-state index contributed by atoms with van der Waals surface area (Å²) in [6.45, 7) is 1.77. The van der Waals surface area contributed by atoms with E-state index in [0.717, 1.165) is 15.0 Å². The largest absolute Gasteiger partial charge is 0.378 e. The van der Waals surface area contributed by atoms with Gasteiger partial charge in [-0.3, -0.25) is 0 Å². The van der Waals surface area contributed by atoms with Crippen LogP contribution in [0.3, 0.4) is 0 Å². The molecule has 1 unspecified atom stereocenters. The Balaban J connectivity index is 2.19. The number of aliphatic hydroxyl groups is 1. The predicted molar refractivity (Wildman–Crippen MR) is 79.2 cm³/mol. The third-order valence-corrected chi connectivity index (χ3v) is 5.01. The molecule has 0 spiro atoms. The molecule has 3 rings (SSSR count). The second kappa shape index (κ2) is 4.40. The Hall–Kier alpha value is -1.24. The van der Waals surface area contributed by atoms with Crippen molar-refractivity contribution >= 4 is 37.4 Å². The van der Waals surface area contributed by atoms with E-state index < -0.39 is 5.60 Å². The Morgan fingerprint density at radius 2 is 2.11 bits per heavy atom. The minimum absolute atomic E-state index is 0.567. The number of fused-ring (bicyclic) bond motifs is 1. The summed E-state index contributed by atoms with van der Waals surface area (Å²) in [4.78, 5) is 0.875. The summed E-state index contributed by atoms with van der Waals surface area (Å²) in [5.41, 5.74) is -0.472. The lowest BCUT2D eigenvalue weighted by atomic mass is 10.0. The summed E-state index contributed by atoms with van der Waals surface area (Å²) in [5.74, 6) is 0. The molecule has 0 fully saturated rings. The number of hydrogen-bond acceptors (Lipinski definition) is 4. The maximum Gasteiger partial charge on any atom is 0.154 e. The van der Waals surface area contributed by atoms with E-state index in [1.165, 1.54) is 0 Å². The van der Waals surface area contributed by atoms with Crippen molar-refractivity contribution in [3.05, 3.63) is 45.5 Å². The van der Waals surface area contributed by atoms with Gasteiger partial charge in [0.05, 0.1) is 0 Å². The van der Waals surface area contributed by atoms with Crippen molar-refractivity contribution < 1.29 is 5.11 Å². The van der Waals surface area contributed by atoms with E-state index in [4.69, 9.17) is 0 Å². The van der Waals surface area contributed by atoms with Crippen LogP contribution in [-0.2, 0) is 12.6 Å². The highest BCUT2D eigenvalue weighted by atomic mass is 79.9. The van der Waals surface area contributed by atoms with Crippen LogP contribution in [0.4, 0.5) is 0 Å². The standard InChI is InChI=1S/C13H12BrN3OS/c1-13(18,11-12(14)15-16-17(11)2)10-7-8-5-3-4-6-9(8)19-10/h3-7,18H,1-2H3. The SMILES string of the molecule is Cn1nnc(Br)c1C(C)(O)c1cc2ccccc2s1. The number of nitrogens with zero attached hydrogens (tertiary/aromatic N) is 3. The van der Waals surface area contributed by atoms with Gasteiger partial charge in [0.2, 0.25) is 0 Å². The molecular weight excluding hydrogens is 326 g/mol. The molecule has 0 aliphatic carbocycles. The van der Waals surface area contributed by atoms with Gasteiger partial charge in [-0.15, -0.1) is 16.4 Å². The topological polar surface area (TPSA) is 50.9 Å². The summed E-state index contributed by atoms with van der Waals surface area (Å²) >= 11 is 4.92. The van der Waals surface area contributed by atoms with Crippen LogP contribution in [0.5, 0.6) is 0 Å². The normalized spacial score (nSPS) is 14.7. The Kier molecular flexibility index (Phi) is 2.96. The maximum atomic E-state index is 10.9. The average Bonchev–Trinajstić information content (AvgIpc) is 2.93. The summed E-state index contributed by atoms with van der Waals surface area (Å²) < 4.78 is 3.32. The maximum absolute atomic E-state index is 10.9. The predicted octanol–water partition coefficient (Wildman–Crippen LogP) is 3.05. The van der Waals surface area contributed by atoms with E-state index in [2.05, 4.69) is 32.3 Å². The van der Waals surface area contributed by atoms with Crippen molar-refractivity contribution in [1.82, 2.24) is 15.0 Å². The second-order valence-corrected chi connectivity index (χ2v) is 6.41. The lowest BCUT2D eigenvalue weighted by Gasteiger charge is -2.21. The van der Waals surface area contributed by atoms with Gasteiger partial charge in [-0.05, 0) is 40.4 Å². The minimum Gasteiger partial charge on any atom is -0.378 e. The lowest BCUT2D eigenvalue weighted by Crippen LogP contribution is -2.25. The molecule has 0 amide bonds. The third kappa shape index (κ3) is 2.00. The number of aromatic nitrogens is 3. The van der Waals surface area contributed by atoms with Gasteiger partial charge in [0, 0.05) is 16.6 Å². The molecule has 1 atom stereocenters. The molecule has 3 aromatic rings. The van der Waals surface area contributed by atoms with Gasteiger partial charge in [0.1, 0.15) is 11.3 Å². The molecule has 4 nitrogen and oxygen atoms in total. The first kappa shape index (κ1) is 12.8. The Bertz CT molecular complexity index is 695. The number of rotatable bonds is 2. The van der Waals surface area contributed by atoms with Gasteiger partial charge in [0.15, 0.2) is 4.60 Å². The Morgan fingerprint density at radius 3 is 2.74 bits per heavy atom. The van der Waals surface area contributed by atoms with Gasteiger partial charge >= 0.3 is 0 Å². The van der Waals surface area contributed by atoms with Gasteiger partial charge in [-0.1, -0.05) is 23.4 Å². The molecule has 6 heteroatoms. The monoisotopic (exact) mass is 337 g/mol. The fourth-order valence-corrected chi connectivity index (χ4v) is 4.01. The number of thiophene rings is 1. The molecule has 2 heterocycles. The molecule has 0 aliphatic heterocycles. The molecule has 1 aromatic carbocycles. The highest BCUT2D eigenvalue weighted by Crippen LogP contribution is 2.38. The molecule has 98 valence electrons. The Morgan fingerprint density at radius 1 is 1.37 bits per heavy atom. The zero-order valence-corrected chi connectivity index (χ0v) is 12.9. The fourth-order valence-electron chi connectivity index (χ4n) is 2.19. The zero-order chi connectivity index (χ0) is 13.6. The number of hydrogen-bond donors (Lipinski definition) is 1. The zero-order valence-electron chi connectivity index (χ0n) is 10.5. The van der Waals surface area contributed by atoms with Crippen molar-refractivity contribution in [2.24, 2.45) is 7.05 Å². The Labute approximate surface area is 122 Å². The molecule has 1 N–H and O–H groups in total. The third-order valence-electron chi connectivity index (χ3n) is 3.15. The van der Waals surface area contributed by atoms with Crippen LogP contribution in [0.1, 0.15) is 17.5 Å². The molecule has 0 saturated heterocycles. The summed E-state index contributed by atoms with van der Waals surface area (Å²) in [6, 6.07) is 10.1. The van der Waals surface area contributed by atoms with Crippen molar-refractivity contribution in [2.75, 3.05) is 0 Å². The van der Waals surface area contributed by atoms with Crippen LogP contribution in [0.2, 0.25) is 0 Å². The number of aryl methyl sites for hydroxylation is 1. The van der Waals surface area contributed by atoms with E-state index >= 15 is 0 Å². The summed E-state index contributed by atoms with van der Waals surface area (Å²) in [7, 11) is 1.77. The van der Waals surface area contributed by atoms with Crippen LogP contribution < -0.4 is 0 Å². The molecule has 2 aromatic heterocycles. The summed E-state index contributed by atoms with van der Waals surface area (Å²) in [5, 5.41) is 19.9. The van der Waals surface area contributed by atoms with Crippen molar-refractivity contribution in [1.29, 1.82) is 0 Å². The lowest BCUT2D eigenvalue weighted by molar-refractivity contribution is 0.0961. The van der Waals surface area contributed by atoms with Gasteiger partial charge in [-0.25, -0.2) is 4.68 Å². The molecule has 0 bridgehead atoms. The fraction of sp³-hybridized carbons (Fsp3) is 0.231. The minimum atomic E-state index is -1.12. The van der Waals surface area contributed by atoms with Crippen LogP contribution in [0.25, 0.3) is 10.1 Å². The molecule has 0 aliphatic rings. The van der Waals surface area contributed by atoms with Gasteiger partial charge in [-0.2, -0.15) is 0 Å². The summed E-state index contributed by atoms with van der Waals surface area (Å²) in [6.07, 6.45) is 0. The molecule has 0 radical (unpaired) electrons. The first-order chi connectivity index (χ1) is 9.00. The van der Waals surface area contributed by atoms with Crippen molar-refractivity contribution in [3.8, 4) is 0 Å². The second-order valence-electron chi connectivity index (χ2n) is 4.57. The average molecular weight is 338 g/mol. The van der Waals surface area contributed by atoms with Gasteiger partial charge in [0.25, 0.3) is 0 Å². The molecular formula is C13H12BrN3OS. The first-order valence-corrected chi connectivity index (χ1v) is 7.38. The van der Waals surface area contributed by atoms with E-state index in [1.54, 1.807) is 30.0 Å². The number of benzene rings is 1. The van der Waals surface area contributed by atoms with E-state index in [-0.39, 0.29) is 0 Å². The van der Waals surface area contributed by atoms with Crippen LogP contribution in [0, 0.1) is 0 Å². The smallest absolute Gasteiger partial charge is 0.154 e. The highest BCUT2D eigenvalue weighted by Gasteiger charge is 2.34. The van der Waals surface area contributed by atoms with Crippen molar-refractivity contribution in [2.45, 2.75) is 12.5 Å². The van der Waals surface area contributed by atoms with Crippen LogP contribution in [-0.4, -0.2) is 20.1 Å². The molecule has 19 heavy (non-hydrogen) atoms.